The highest BCUT2D eigenvalue weighted by atomic mass is 79.9. The van der Waals surface area contributed by atoms with Crippen molar-refractivity contribution in [3.05, 3.63) is 34.3 Å². The predicted molar refractivity (Wildman–Crippen MR) is 53.7 cm³/mol. The molecule has 0 bridgehead atoms. The van der Waals surface area contributed by atoms with E-state index in [1.807, 2.05) is 18.2 Å². The van der Waals surface area contributed by atoms with Gasteiger partial charge in [0.15, 0.2) is 12.4 Å². The topological polar surface area (TPSA) is 26.3 Å². The third-order valence-electron chi connectivity index (χ3n) is 1.80. The summed E-state index contributed by atoms with van der Waals surface area (Å²) in [7, 11) is 0. The van der Waals surface area contributed by atoms with Crippen molar-refractivity contribution in [2.45, 2.75) is 0 Å². The van der Waals surface area contributed by atoms with Crippen molar-refractivity contribution in [3.63, 3.8) is 0 Å². The summed E-state index contributed by atoms with van der Waals surface area (Å²) in [5.74, 6) is 0.729. The Morgan fingerprint density at radius 1 is 1.31 bits per heavy atom. The standard InChI is InChI=1S/C10H7BrO2/c11-9-3-1-2-7-4-5-8(12)6-13-10(7)9/h1-5H,6H2. The average molecular weight is 239 g/mol. The Morgan fingerprint density at radius 3 is 3.00 bits per heavy atom. The molecule has 3 heteroatoms. The van der Waals surface area contributed by atoms with E-state index in [4.69, 9.17) is 4.74 Å². The molecule has 0 atom stereocenters. The summed E-state index contributed by atoms with van der Waals surface area (Å²) in [6.07, 6.45) is 3.31. The number of ether oxygens (including phenoxy) is 1. The highest BCUT2D eigenvalue weighted by Gasteiger charge is 2.10. The Balaban J connectivity index is 2.52. The SMILES string of the molecule is O=C1C=Cc2cccc(Br)c2OC1. The van der Waals surface area contributed by atoms with Crippen LogP contribution in [0.25, 0.3) is 6.08 Å². The van der Waals surface area contributed by atoms with Gasteiger partial charge < -0.3 is 4.74 Å². The minimum Gasteiger partial charge on any atom is -0.484 e. The van der Waals surface area contributed by atoms with Crippen molar-refractivity contribution in [2.75, 3.05) is 6.61 Å². The van der Waals surface area contributed by atoms with Crippen LogP contribution in [0.2, 0.25) is 0 Å². The molecule has 1 aromatic carbocycles. The number of fused-ring (bicyclic) bond motifs is 1. The molecule has 0 N–H and O–H groups in total. The van der Waals surface area contributed by atoms with Crippen LogP contribution in [-0.2, 0) is 4.79 Å². The molecular formula is C10H7BrO2. The minimum atomic E-state index is -0.0110. The van der Waals surface area contributed by atoms with E-state index in [0.717, 1.165) is 15.8 Å². The lowest BCUT2D eigenvalue weighted by Gasteiger charge is -2.06. The number of rotatable bonds is 0. The number of benzene rings is 1. The molecule has 2 rings (SSSR count). The molecule has 0 radical (unpaired) electrons. The van der Waals surface area contributed by atoms with Crippen molar-refractivity contribution in [1.82, 2.24) is 0 Å². The highest BCUT2D eigenvalue weighted by molar-refractivity contribution is 9.10. The minimum absolute atomic E-state index is 0.0110. The number of carbonyl (C=O) groups is 1. The molecular weight excluding hydrogens is 232 g/mol. The van der Waals surface area contributed by atoms with Crippen molar-refractivity contribution >= 4 is 27.8 Å². The lowest BCUT2D eigenvalue weighted by atomic mass is 10.2. The number of ketones is 1. The summed E-state index contributed by atoms with van der Waals surface area (Å²) < 4.78 is 6.21. The van der Waals surface area contributed by atoms with Gasteiger partial charge in [-0.15, -0.1) is 0 Å². The Morgan fingerprint density at radius 2 is 2.15 bits per heavy atom. The van der Waals surface area contributed by atoms with E-state index in [1.54, 1.807) is 6.08 Å². The molecule has 13 heavy (non-hydrogen) atoms. The van der Waals surface area contributed by atoms with Crippen molar-refractivity contribution < 1.29 is 9.53 Å². The van der Waals surface area contributed by atoms with Gasteiger partial charge in [0, 0.05) is 5.56 Å². The number of halogens is 1. The fourth-order valence-electron chi connectivity index (χ4n) is 1.18. The van der Waals surface area contributed by atoms with Crippen LogP contribution in [0.15, 0.2) is 28.7 Å². The third-order valence-corrected chi connectivity index (χ3v) is 2.43. The maximum Gasteiger partial charge on any atom is 0.193 e. The van der Waals surface area contributed by atoms with E-state index in [9.17, 15) is 4.79 Å². The Hall–Kier alpha value is -1.09. The van der Waals surface area contributed by atoms with E-state index in [-0.39, 0.29) is 12.4 Å². The third kappa shape index (κ3) is 1.65. The smallest absolute Gasteiger partial charge is 0.193 e. The Kier molecular flexibility index (Phi) is 2.19. The van der Waals surface area contributed by atoms with Crippen LogP contribution >= 0.6 is 15.9 Å². The van der Waals surface area contributed by atoms with E-state index in [1.165, 1.54) is 6.08 Å². The Bertz CT molecular complexity index is 383. The molecule has 1 aliphatic rings. The van der Waals surface area contributed by atoms with Crippen LogP contribution in [0.5, 0.6) is 5.75 Å². The fraction of sp³-hybridized carbons (Fsp3) is 0.100. The zero-order valence-electron chi connectivity index (χ0n) is 6.79. The first kappa shape index (κ1) is 8.51. The van der Waals surface area contributed by atoms with Crippen LogP contribution in [0.3, 0.4) is 0 Å². The zero-order valence-corrected chi connectivity index (χ0v) is 8.37. The molecule has 0 amide bonds. The molecule has 1 heterocycles. The largest absolute Gasteiger partial charge is 0.484 e. The molecule has 1 aliphatic heterocycles. The van der Waals surface area contributed by atoms with Crippen LogP contribution in [0, 0.1) is 0 Å². The summed E-state index contributed by atoms with van der Waals surface area (Å²) in [4.78, 5) is 11.0. The van der Waals surface area contributed by atoms with Crippen molar-refractivity contribution in [1.29, 1.82) is 0 Å². The summed E-state index contributed by atoms with van der Waals surface area (Å²) in [5.41, 5.74) is 0.931. The first-order valence-electron chi connectivity index (χ1n) is 3.89. The van der Waals surface area contributed by atoms with E-state index in [2.05, 4.69) is 15.9 Å². The second-order valence-corrected chi connectivity index (χ2v) is 3.60. The molecule has 0 aliphatic carbocycles. The van der Waals surface area contributed by atoms with Gasteiger partial charge in [-0.3, -0.25) is 4.79 Å². The molecule has 66 valence electrons. The van der Waals surface area contributed by atoms with E-state index in [0.29, 0.717) is 0 Å². The van der Waals surface area contributed by atoms with Gasteiger partial charge in [-0.25, -0.2) is 0 Å². The van der Waals surface area contributed by atoms with Gasteiger partial charge in [0.2, 0.25) is 0 Å². The molecule has 1 aromatic rings. The molecule has 0 aromatic heterocycles. The highest BCUT2D eigenvalue weighted by Crippen LogP contribution is 2.30. The Labute approximate surface area is 84.3 Å². The summed E-state index contributed by atoms with van der Waals surface area (Å²) in [5, 5.41) is 0. The van der Waals surface area contributed by atoms with Gasteiger partial charge >= 0.3 is 0 Å². The first-order valence-corrected chi connectivity index (χ1v) is 4.69. The van der Waals surface area contributed by atoms with Gasteiger partial charge in [-0.2, -0.15) is 0 Å². The lowest BCUT2D eigenvalue weighted by Crippen LogP contribution is -2.06. The van der Waals surface area contributed by atoms with Gasteiger partial charge in [-0.1, -0.05) is 12.1 Å². The molecule has 0 saturated carbocycles. The quantitative estimate of drug-likeness (QED) is 0.694. The van der Waals surface area contributed by atoms with Gasteiger partial charge in [0.05, 0.1) is 4.47 Å². The number of hydrogen-bond acceptors (Lipinski definition) is 2. The van der Waals surface area contributed by atoms with Gasteiger partial charge in [0.25, 0.3) is 0 Å². The van der Waals surface area contributed by atoms with Crippen LogP contribution in [0.1, 0.15) is 5.56 Å². The van der Waals surface area contributed by atoms with Crippen LogP contribution in [-0.4, -0.2) is 12.4 Å². The van der Waals surface area contributed by atoms with Crippen molar-refractivity contribution in [2.24, 2.45) is 0 Å². The zero-order chi connectivity index (χ0) is 9.26. The number of para-hydroxylation sites is 1. The van der Waals surface area contributed by atoms with Crippen LogP contribution in [0.4, 0.5) is 0 Å². The second-order valence-electron chi connectivity index (χ2n) is 2.75. The van der Waals surface area contributed by atoms with Crippen molar-refractivity contribution in [3.8, 4) is 5.75 Å². The molecule has 0 unspecified atom stereocenters. The molecule has 0 saturated heterocycles. The maximum absolute atomic E-state index is 11.0. The normalized spacial score (nSPS) is 14.7. The van der Waals surface area contributed by atoms with E-state index < -0.39 is 0 Å². The number of carbonyl (C=O) groups excluding carboxylic acids is 1. The second kappa shape index (κ2) is 3.34. The summed E-state index contributed by atoms with van der Waals surface area (Å²) >= 11 is 3.37. The fourth-order valence-corrected chi connectivity index (χ4v) is 1.68. The van der Waals surface area contributed by atoms with Gasteiger partial charge in [0.1, 0.15) is 5.75 Å². The lowest BCUT2D eigenvalue weighted by molar-refractivity contribution is -0.116. The molecule has 2 nitrogen and oxygen atoms in total. The average Bonchev–Trinajstić information content (AvgIpc) is 2.30. The summed E-state index contributed by atoms with van der Waals surface area (Å²) in [6, 6.07) is 5.71. The number of hydrogen-bond donors (Lipinski definition) is 0. The van der Waals surface area contributed by atoms with Crippen LogP contribution < -0.4 is 4.74 Å². The van der Waals surface area contributed by atoms with Gasteiger partial charge in [-0.05, 0) is 34.1 Å². The molecule has 0 spiro atoms. The monoisotopic (exact) mass is 238 g/mol. The predicted octanol–water partition coefficient (Wildman–Crippen LogP) is 2.42. The summed E-state index contributed by atoms with van der Waals surface area (Å²) in [6.45, 7) is 0.117. The molecule has 0 fully saturated rings. The van der Waals surface area contributed by atoms with E-state index >= 15 is 0 Å². The maximum atomic E-state index is 11.0. The first-order chi connectivity index (χ1) is 6.27.